The zero-order chi connectivity index (χ0) is 21.7. The number of carbonyl (C=O) groups excluding carboxylic acids is 3. The first-order valence-electron chi connectivity index (χ1n) is 10.2. The molecule has 1 aromatic carbocycles. The van der Waals surface area contributed by atoms with Crippen molar-refractivity contribution in [2.45, 2.75) is 39.7 Å². The van der Waals surface area contributed by atoms with E-state index in [0.29, 0.717) is 30.1 Å². The summed E-state index contributed by atoms with van der Waals surface area (Å²) in [6.07, 6.45) is 0.452. The maximum absolute atomic E-state index is 12.3. The van der Waals surface area contributed by atoms with Crippen LogP contribution in [0, 0.1) is 6.92 Å². The highest BCUT2D eigenvalue weighted by Gasteiger charge is 2.32. The largest absolute Gasteiger partial charge is 0.442 e. The molecule has 1 aromatic heterocycles. The maximum atomic E-state index is 12.3. The minimum atomic E-state index is -0.441. The number of benzene rings is 1. The Morgan fingerprint density at radius 2 is 1.93 bits per heavy atom. The van der Waals surface area contributed by atoms with Gasteiger partial charge in [0.2, 0.25) is 5.91 Å². The van der Waals surface area contributed by atoms with E-state index in [1.807, 2.05) is 51.1 Å². The van der Waals surface area contributed by atoms with Crippen molar-refractivity contribution in [3.8, 4) is 0 Å². The van der Waals surface area contributed by atoms with E-state index >= 15 is 0 Å². The van der Waals surface area contributed by atoms with Crippen molar-refractivity contribution < 1.29 is 19.1 Å². The van der Waals surface area contributed by atoms with Gasteiger partial charge in [-0.1, -0.05) is 13.8 Å². The molecule has 0 bridgehead atoms. The van der Waals surface area contributed by atoms with Gasteiger partial charge < -0.3 is 15.0 Å². The molecule has 1 atom stereocenters. The number of nitrogens with one attached hydrogen (secondary N) is 1. The summed E-state index contributed by atoms with van der Waals surface area (Å²) in [7, 11) is 0. The van der Waals surface area contributed by atoms with Crippen LogP contribution in [-0.4, -0.2) is 43.6 Å². The number of hydrogen-bond donors (Lipinski definition) is 1. The fourth-order valence-electron chi connectivity index (χ4n) is 3.31. The van der Waals surface area contributed by atoms with E-state index < -0.39 is 12.2 Å². The highest BCUT2D eigenvalue weighted by Crippen LogP contribution is 2.25. The van der Waals surface area contributed by atoms with E-state index in [4.69, 9.17) is 4.74 Å². The Hall–Kier alpha value is -2.87. The molecule has 30 heavy (non-hydrogen) atoms. The van der Waals surface area contributed by atoms with Crippen molar-refractivity contribution in [1.29, 1.82) is 0 Å². The molecule has 1 fully saturated rings. The zero-order valence-corrected chi connectivity index (χ0v) is 18.3. The molecule has 8 heteroatoms. The summed E-state index contributed by atoms with van der Waals surface area (Å²) >= 11 is 1.43. The lowest BCUT2D eigenvalue weighted by molar-refractivity contribution is -0.118. The second-order valence-electron chi connectivity index (χ2n) is 7.15. The van der Waals surface area contributed by atoms with Gasteiger partial charge in [-0.15, -0.1) is 11.3 Å². The van der Waals surface area contributed by atoms with E-state index in [1.54, 1.807) is 15.9 Å². The maximum Gasteiger partial charge on any atom is 0.414 e. The van der Waals surface area contributed by atoms with Crippen LogP contribution in [0.5, 0.6) is 0 Å². The summed E-state index contributed by atoms with van der Waals surface area (Å²) in [5.41, 5.74) is 1.52. The summed E-state index contributed by atoms with van der Waals surface area (Å²) in [6, 6.07) is 11.0. The first kappa shape index (κ1) is 21.8. The molecule has 3 amide bonds. The number of thiophene rings is 1. The second-order valence-corrected chi connectivity index (χ2v) is 8.44. The van der Waals surface area contributed by atoms with Crippen molar-refractivity contribution in [3.05, 3.63) is 46.2 Å². The van der Waals surface area contributed by atoms with Crippen LogP contribution in [0.25, 0.3) is 0 Å². The van der Waals surface area contributed by atoms with Gasteiger partial charge >= 0.3 is 6.09 Å². The van der Waals surface area contributed by atoms with Gasteiger partial charge in [-0.25, -0.2) is 4.79 Å². The van der Waals surface area contributed by atoms with Gasteiger partial charge in [-0.2, -0.15) is 0 Å². The number of anilines is 2. The molecule has 2 aromatic rings. The van der Waals surface area contributed by atoms with Crippen LogP contribution in [0.2, 0.25) is 0 Å². The third kappa shape index (κ3) is 4.99. The smallest absolute Gasteiger partial charge is 0.414 e. The quantitative estimate of drug-likeness (QED) is 0.689. The van der Waals surface area contributed by atoms with Gasteiger partial charge in [0.05, 0.1) is 18.0 Å². The predicted octanol–water partition coefficient (Wildman–Crippen LogP) is 3.96. The summed E-state index contributed by atoms with van der Waals surface area (Å²) in [5, 5.41) is 2.83. The summed E-state index contributed by atoms with van der Waals surface area (Å²) < 4.78 is 5.40. The Kier molecular flexibility index (Phi) is 7.10. The Morgan fingerprint density at radius 3 is 2.53 bits per heavy atom. The highest BCUT2D eigenvalue weighted by molar-refractivity contribution is 7.13. The van der Waals surface area contributed by atoms with E-state index in [0.717, 1.165) is 17.0 Å². The fraction of sp³-hybridized carbons (Fsp3) is 0.409. The van der Waals surface area contributed by atoms with E-state index in [9.17, 15) is 14.4 Å². The number of cyclic esters (lactones) is 1. The Bertz CT molecular complexity index is 909. The molecule has 1 saturated heterocycles. The van der Waals surface area contributed by atoms with Crippen LogP contribution >= 0.6 is 11.3 Å². The van der Waals surface area contributed by atoms with E-state index in [2.05, 4.69) is 5.32 Å². The Labute approximate surface area is 180 Å². The van der Waals surface area contributed by atoms with Gasteiger partial charge in [0.15, 0.2) is 0 Å². The minimum absolute atomic E-state index is 0.0712. The molecule has 0 radical (unpaired) electrons. The number of carbonyl (C=O) groups is 3. The van der Waals surface area contributed by atoms with Crippen molar-refractivity contribution in [2.24, 2.45) is 0 Å². The molecule has 0 spiro atoms. The van der Waals surface area contributed by atoms with Crippen LogP contribution in [0.1, 0.15) is 41.2 Å². The topological polar surface area (TPSA) is 79.0 Å². The van der Waals surface area contributed by atoms with E-state index in [1.165, 1.54) is 11.3 Å². The van der Waals surface area contributed by atoms with Crippen molar-refractivity contribution in [3.63, 3.8) is 0 Å². The van der Waals surface area contributed by atoms with Crippen LogP contribution in [0.3, 0.4) is 0 Å². The average Bonchev–Trinajstić information content (AvgIpc) is 3.35. The SMILES string of the molecule is CCCN(C(=O)CC)c1ccc(N2CC(CNC(=O)c3ccc(C)s3)OC2=O)cc1. The summed E-state index contributed by atoms with van der Waals surface area (Å²) in [6.45, 7) is 7.09. The molecule has 3 rings (SSSR count). The molecule has 1 unspecified atom stereocenters. The standard InChI is InChI=1S/C22H27N3O4S/c1-4-12-24(20(26)5-2)16-7-9-17(10-8-16)25-14-18(29-22(25)28)13-23-21(27)19-11-6-15(3)30-19/h6-11,18H,4-5,12-14H2,1-3H3,(H,23,27). The van der Waals surface area contributed by atoms with Gasteiger partial charge in [0.25, 0.3) is 5.91 Å². The lowest BCUT2D eigenvalue weighted by Gasteiger charge is -2.22. The van der Waals surface area contributed by atoms with Gasteiger partial charge in [0, 0.05) is 29.2 Å². The minimum Gasteiger partial charge on any atom is -0.442 e. The Morgan fingerprint density at radius 1 is 1.20 bits per heavy atom. The highest BCUT2D eigenvalue weighted by atomic mass is 32.1. The molecule has 0 saturated carbocycles. The fourth-order valence-corrected chi connectivity index (χ4v) is 4.10. The van der Waals surface area contributed by atoms with Gasteiger partial charge in [-0.05, 0) is 49.7 Å². The second kappa shape index (κ2) is 9.75. The average molecular weight is 430 g/mol. The number of rotatable bonds is 8. The number of amides is 3. The van der Waals surface area contributed by atoms with E-state index in [-0.39, 0.29) is 18.4 Å². The third-order valence-corrected chi connectivity index (χ3v) is 5.85. The number of hydrogen-bond acceptors (Lipinski definition) is 5. The molecule has 0 aliphatic carbocycles. The summed E-state index contributed by atoms with van der Waals surface area (Å²) in [5.74, 6) is -0.0921. The lowest BCUT2D eigenvalue weighted by Crippen LogP contribution is -2.34. The van der Waals surface area contributed by atoms with Crippen molar-refractivity contribution in [2.75, 3.05) is 29.4 Å². The molecule has 1 aliphatic rings. The lowest BCUT2D eigenvalue weighted by atomic mass is 10.2. The summed E-state index contributed by atoms with van der Waals surface area (Å²) in [4.78, 5) is 41.7. The van der Waals surface area contributed by atoms with Crippen LogP contribution in [0.4, 0.5) is 16.2 Å². The molecular formula is C22H27N3O4S. The predicted molar refractivity (Wildman–Crippen MR) is 118 cm³/mol. The molecular weight excluding hydrogens is 402 g/mol. The van der Waals surface area contributed by atoms with Gasteiger partial charge in [0.1, 0.15) is 6.10 Å². The first-order valence-corrected chi connectivity index (χ1v) is 11.0. The Balaban J connectivity index is 1.60. The molecule has 7 nitrogen and oxygen atoms in total. The van der Waals surface area contributed by atoms with Crippen LogP contribution in [-0.2, 0) is 9.53 Å². The number of nitrogens with zero attached hydrogens (tertiary/aromatic N) is 2. The monoisotopic (exact) mass is 429 g/mol. The zero-order valence-electron chi connectivity index (χ0n) is 17.5. The molecule has 160 valence electrons. The molecule has 2 heterocycles. The van der Waals surface area contributed by atoms with Crippen LogP contribution in [0.15, 0.2) is 36.4 Å². The number of aryl methyl sites for hydroxylation is 1. The normalized spacial score (nSPS) is 15.8. The van der Waals surface area contributed by atoms with Crippen LogP contribution < -0.4 is 15.1 Å². The van der Waals surface area contributed by atoms with Gasteiger partial charge in [-0.3, -0.25) is 14.5 Å². The molecule has 1 N–H and O–H groups in total. The van der Waals surface area contributed by atoms with Crippen molar-refractivity contribution >= 4 is 40.6 Å². The first-order chi connectivity index (χ1) is 14.4. The number of ether oxygens (including phenoxy) is 1. The third-order valence-electron chi connectivity index (χ3n) is 4.85. The molecule has 1 aliphatic heterocycles. The van der Waals surface area contributed by atoms with Crippen molar-refractivity contribution in [1.82, 2.24) is 5.32 Å².